The Kier molecular flexibility index (Phi) is 3.48. The second-order valence-corrected chi connectivity index (χ2v) is 7.78. The molecular weight excluding hydrogens is 328 g/mol. The molecule has 0 amide bonds. The van der Waals surface area contributed by atoms with E-state index in [1.165, 1.54) is 22.3 Å². The average molecular weight is 352 g/mol. The summed E-state index contributed by atoms with van der Waals surface area (Å²) in [5.41, 5.74) is 8.99. The molecule has 0 bridgehead atoms. The molecule has 3 aliphatic rings. The van der Waals surface area contributed by atoms with Crippen LogP contribution in [0.15, 0.2) is 18.2 Å². The van der Waals surface area contributed by atoms with Gasteiger partial charge in [-0.2, -0.15) is 0 Å². The number of aryl methyl sites for hydroxylation is 1. The third-order valence-corrected chi connectivity index (χ3v) is 6.28. The summed E-state index contributed by atoms with van der Waals surface area (Å²) in [6.45, 7) is 9.53. The van der Waals surface area contributed by atoms with Crippen molar-refractivity contribution < 1.29 is 19.3 Å². The van der Waals surface area contributed by atoms with Gasteiger partial charge in [0, 0.05) is 11.1 Å². The second kappa shape index (κ2) is 5.56. The number of hydrogen-bond acceptors (Lipinski definition) is 4. The Hall–Kier alpha value is -1.88. The van der Waals surface area contributed by atoms with Crippen LogP contribution in [0, 0.1) is 27.7 Å². The smallest absolute Gasteiger partial charge is 0.125 e. The van der Waals surface area contributed by atoms with E-state index in [0.717, 1.165) is 22.3 Å². The van der Waals surface area contributed by atoms with Crippen LogP contribution in [0.4, 0.5) is 0 Å². The number of ether oxygens (including phenoxy) is 3. The highest BCUT2D eigenvalue weighted by atomic mass is 16.6. The third-order valence-electron chi connectivity index (χ3n) is 6.28. The Labute approximate surface area is 153 Å². The van der Waals surface area contributed by atoms with Crippen molar-refractivity contribution in [2.24, 2.45) is 0 Å². The minimum atomic E-state index is -0.101. The first-order chi connectivity index (χ1) is 12.5. The number of rotatable bonds is 1. The quantitative estimate of drug-likeness (QED) is 0.782. The van der Waals surface area contributed by atoms with Crippen molar-refractivity contribution in [2.75, 3.05) is 13.2 Å². The van der Waals surface area contributed by atoms with Gasteiger partial charge < -0.3 is 19.3 Å². The van der Waals surface area contributed by atoms with Gasteiger partial charge in [-0.15, -0.1) is 0 Å². The fraction of sp³-hybridized carbons (Fsp3) is 0.455. The largest absolute Gasteiger partial charge is 0.507 e. The molecule has 0 aromatic heterocycles. The molecular formula is C22H24O4. The molecule has 4 heteroatoms. The summed E-state index contributed by atoms with van der Waals surface area (Å²) in [7, 11) is 0. The third kappa shape index (κ3) is 2.26. The number of phenols is 1. The zero-order valence-electron chi connectivity index (χ0n) is 15.6. The zero-order chi connectivity index (χ0) is 18.2. The van der Waals surface area contributed by atoms with Crippen molar-refractivity contribution in [1.82, 2.24) is 0 Å². The second-order valence-electron chi connectivity index (χ2n) is 7.78. The van der Waals surface area contributed by atoms with Crippen LogP contribution in [0.5, 0.6) is 5.75 Å². The van der Waals surface area contributed by atoms with E-state index < -0.39 is 0 Å². The minimum absolute atomic E-state index is 0.0331. The summed E-state index contributed by atoms with van der Waals surface area (Å²) >= 11 is 0. The van der Waals surface area contributed by atoms with Gasteiger partial charge in [0.2, 0.25) is 0 Å². The molecule has 0 radical (unpaired) electrons. The predicted octanol–water partition coefficient (Wildman–Crippen LogP) is 4.20. The Morgan fingerprint density at radius 3 is 2.19 bits per heavy atom. The number of epoxide rings is 2. The van der Waals surface area contributed by atoms with E-state index in [0.29, 0.717) is 19.0 Å². The van der Waals surface area contributed by atoms with Crippen LogP contribution in [0.2, 0.25) is 0 Å². The van der Waals surface area contributed by atoms with Gasteiger partial charge in [0.25, 0.3) is 0 Å². The Balaban J connectivity index is 1.83. The van der Waals surface area contributed by atoms with E-state index in [9.17, 15) is 5.11 Å². The lowest BCUT2D eigenvalue weighted by atomic mass is 9.82. The highest BCUT2D eigenvalue weighted by Crippen LogP contribution is 2.56. The van der Waals surface area contributed by atoms with E-state index in [-0.39, 0.29) is 24.4 Å². The molecule has 2 aromatic rings. The van der Waals surface area contributed by atoms with Gasteiger partial charge in [-0.1, -0.05) is 18.2 Å². The summed E-state index contributed by atoms with van der Waals surface area (Å²) in [5, 5.41) is 11.0. The van der Waals surface area contributed by atoms with Crippen LogP contribution in [0.3, 0.4) is 0 Å². The molecule has 3 heterocycles. The van der Waals surface area contributed by atoms with Crippen molar-refractivity contribution in [3.8, 4) is 16.9 Å². The monoisotopic (exact) mass is 352 g/mol. The van der Waals surface area contributed by atoms with Gasteiger partial charge >= 0.3 is 0 Å². The standard InChI is InChI=1S/C22H24O4/c1-10-6-5-7-14(11(10)2)17-12(3)13(4)20(23)19-18(17)21-15(25-21)8-24-9-16-22(19)26-16/h5-7,15-16,21-23H,8-9H2,1-4H3. The van der Waals surface area contributed by atoms with E-state index in [1.54, 1.807) is 0 Å². The Morgan fingerprint density at radius 1 is 0.846 bits per heavy atom. The molecule has 2 saturated heterocycles. The van der Waals surface area contributed by atoms with Crippen molar-refractivity contribution in [3.63, 3.8) is 0 Å². The summed E-state index contributed by atoms with van der Waals surface area (Å²) in [6.07, 6.45) is -0.0356. The van der Waals surface area contributed by atoms with Crippen LogP contribution < -0.4 is 0 Å². The molecule has 2 aromatic carbocycles. The van der Waals surface area contributed by atoms with Crippen LogP contribution >= 0.6 is 0 Å². The van der Waals surface area contributed by atoms with Crippen molar-refractivity contribution in [3.05, 3.63) is 51.6 Å². The van der Waals surface area contributed by atoms with E-state index in [4.69, 9.17) is 14.2 Å². The molecule has 26 heavy (non-hydrogen) atoms. The maximum atomic E-state index is 11.0. The average Bonchev–Trinajstić information content (AvgIpc) is 3.53. The van der Waals surface area contributed by atoms with Crippen molar-refractivity contribution in [1.29, 1.82) is 0 Å². The van der Waals surface area contributed by atoms with E-state index in [2.05, 4.69) is 39.0 Å². The summed E-state index contributed by atoms with van der Waals surface area (Å²) < 4.78 is 17.6. The van der Waals surface area contributed by atoms with Crippen molar-refractivity contribution >= 4 is 0 Å². The topological polar surface area (TPSA) is 54.5 Å². The molecule has 1 N–H and O–H groups in total. The lowest BCUT2D eigenvalue weighted by Gasteiger charge is -2.22. The first-order valence-electron chi connectivity index (χ1n) is 9.30. The first kappa shape index (κ1) is 16.3. The van der Waals surface area contributed by atoms with Gasteiger partial charge in [0.05, 0.1) is 13.2 Å². The molecule has 4 unspecified atom stereocenters. The van der Waals surface area contributed by atoms with Crippen LogP contribution in [0.1, 0.15) is 45.6 Å². The molecule has 0 saturated carbocycles. The first-order valence-corrected chi connectivity index (χ1v) is 9.30. The maximum absolute atomic E-state index is 11.0. The number of aromatic hydroxyl groups is 1. The van der Waals surface area contributed by atoms with Crippen LogP contribution in [-0.4, -0.2) is 30.5 Å². The van der Waals surface area contributed by atoms with Crippen LogP contribution in [0.25, 0.3) is 11.1 Å². The number of hydrogen-bond donors (Lipinski definition) is 1. The highest BCUT2D eigenvalue weighted by Gasteiger charge is 2.52. The molecule has 4 atom stereocenters. The lowest BCUT2D eigenvalue weighted by molar-refractivity contribution is 0.102. The molecule has 4 nitrogen and oxygen atoms in total. The summed E-state index contributed by atoms with van der Waals surface area (Å²) in [5.74, 6) is 0.357. The van der Waals surface area contributed by atoms with E-state index in [1.807, 2.05) is 6.92 Å². The molecule has 136 valence electrons. The Bertz CT molecular complexity index is 917. The molecule has 0 aliphatic carbocycles. The fourth-order valence-corrected chi connectivity index (χ4v) is 4.33. The van der Waals surface area contributed by atoms with Gasteiger partial charge in [0.1, 0.15) is 30.2 Å². The number of fused-ring (bicyclic) bond motifs is 5. The SMILES string of the molecule is Cc1cccc(-c2c(C)c(C)c(O)c3c2C2OC2COCC2OC32)c1C. The van der Waals surface area contributed by atoms with Gasteiger partial charge in [-0.05, 0) is 61.1 Å². The van der Waals surface area contributed by atoms with Crippen molar-refractivity contribution in [2.45, 2.75) is 52.1 Å². The minimum Gasteiger partial charge on any atom is -0.507 e. The Morgan fingerprint density at radius 2 is 1.50 bits per heavy atom. The summed E-state index contributed by atoms with van der Waals surface area (Å²) in [4.78, 5) is 0. The van der Waals surface area contributed by atoms with Crippen LogP contribution in [-0.2, 0) is 14.2 Å². The molecule has 2 fully saturated rings. The predicted molar refractivity (Wildman–Crippen MR) is 98.5 cm³/mol. The summed E-state index contributed by atoms with van der Waals surface area (Å²) in [6, 6.07) is 6.42. The molecule has 5 rings (SSSR count). The van der Waals surface area contributed by atoms with E-state index >= 15 is 0 Å². The zero-order valence-corrected chi connectivity index (χ0v) is 15.6. The normalized spacial score (nSPS) is 28.9. The molecule has 3 aliphatic heterocycles. The maximum Gasteiger partial charge on any atom is 0.125 e. The fourth-order valence-electron chi connectivity index (χ4n) is 4.33. The lowest BCUT2D eigenvalue weighted by Crippen LogP contribution is -2.06. The number of phenolic OH excluding ortho intramolecular Hbond substituents is 1. The highest BCUT2D eigenvalue weighted by molar-refractivity contribution is 5.80. The van der Waals surface area contributed by atoms with Gasteiger partial charge in [-0.3, -0.25) is 0 Å². The molecule has 0 spiro atoms. The number of benzene rings is 2. The van der Waals surface area contributed by atoms with Gasteiger partial charge in [-0.25, -0.2) is 0 Å². The van der Waals surface area contributed by atoms with Gasteiger partial charge in [0.15, 0.2) is 0 Å².